The molecule has 0 radical (unpaired) electrons. The van der Waals surface area contributed by atoms with Gasteiger partial charge in [-0.15, -0.1) is 0 Å². The summed E-state index contributed by atoms with van der Waals surface area (Å²) in [5.74, 6) is 0.598. The van der Waals surface area contributed by atoms with Crippen LogP contribution in [0.15, 0.2) is 6.20 Å². The molecule has 0 atom stereocenters. The van der Waals surface area contributed by atoms with E-state index in [-0.39, 0.29) is 18.9 Å². The van der Waals surface area contributed by atoms with E-state index in [0.717, 1.165) is 30.1 Å². The minimum Gasteiger partial charge on any atom is -0.470 e. The van der Waals surface area contributed by atoms with E-state index < -0.39 is 6.29 Å². The summed E-state index contributed by atoms with van der Waals surface area (Å²) in [6.45, 7) is 5.21. The van der Waals surface area contributed by atoms with E-state index >= 15 is 0 Å². The average Bonchev–Trinajstić information content (AvgIpc) is 2.96. The van der Waals surface area contributed by atoms with Gasteiger partial charge in [0, 0.05) is 13.0 Å². The molecule has 0 fully saturated rings. The molecule has 1 heterocycles. The molecule has 0 spiro atoms. The van der Waals surface area contributed by atoms with Crippen LogP contribution in [-0.2, 0) is 0 Å². The number of rotatable bonds is 11. The molecule has 1 aromatic rings. The zero-order valence-corrected chi connectivity index (χ0v) is 14.1. The highest BCUT2D eigenvalue weighted by atomic mass is 32.1. The Kier molecular flexibility index (Phi) is 9.03. The van der Waals surface area contributed by atoms with Crippen LogP contribution in [0, 0.1) is 5.92 Å². The molecule has 0 aromatic carbocycles. The number of nitrogens with zero attached hydrogens (tertiary/aromatic N) is 1. The fourth-order valence-electron chi connectivity index (χ4n) is 2.06. The predicted molar refractivity (Wildman–Crippen MR) is 86.1 cm³/mol. The Balaban J connectivity index is 2.26. The first-order chi connectivity index (χ1) is 10.6. The van der Waals surface area contributed by atoms with Crippen LogP contribution in [0.5, 0.6) is 5.19 Å². The molecule has 3 N–H and O–H groups in total. The Bertz CT molecular complexity index is 433. The van der Waals surface area contributed by atoms with Crippen LogP contribution >= 0.6 is 11.3 Å². The van der Waals surface area contributed by atoms with Gasteiger partial charge in [0.25, 0.3) is 11.1 Å². The van der Waals surface area contributed by atoms with Gasteiger partial charge in [-0.3, -0.25) is 4.79 Å². The molecule has 0 saturated carbocycles. The van der Waals surface area contributed by atoms with E-state index in [9.17, 15) is 4.79 Å². The Hall–Kier alpha value is -1.18. The monoisotopic (exact) mass is 330 g/mol. The van der Waals surface area contributed by atoms with E-state index in [2.05, 4.69) is 24.1 Å². The van der Waals surface area contributed by atoms with Crippen molar-refractivity contribution in [2.45, 2.75) is 52.2 Å². The fraction of sp³-hybridized carbons (Fsp3) is 0.733. The van der Waals surface area contributed by atoms with Crippen molar-refractivity contribution in [2.24, 2.45) is 5.92 Å². The maximum atomic E-state index is 11.9. The van der Waals surface area contributed by atoms with Crippen molar-refractivity contribution in [1.82, 2.24) is 10.3 Å². The third kappa shape index (κ3) is 7.20. The molecular weight excluding hydrogens is 304 g/mol. The number of amides is 1. The van der Waals surface area contributed by atoms with Gasteiger partial charge in [0.1, 0.15) is 4.88 Å². The van der Waals surface area contributed by atoms with E-state index in [1.165, 1.54) is 19.0 Å². The van der Waals surface area contributed by atoms with Crippen molar-refractivity contribution in [3.05, 3.63) is 11.1 Å². The lowest BCUT2D eigenvalue weighted by Crippen LogP contribution is -2.23. The van der Waals surface area contributed by atoms with Crippen LogP contribution in [0.1, 0.15) is 55.6 Å². The number of carbonyl (C=O) groups excluding carboxylic acids is 1. The standard InChI is InChI=1S/C15H26N2O4S/c1-3-11(4-2)6-5-8-16-14(20)12-10-17-15(22-12)21-9-7-13(18)19/h10-11,13,18-19H,3-9H2,1-2H3,(H,16,20). The number of aliphatic hydroxyl groups excluding tert-OH is 1. The van der Waals surface area contributed by atoms with Crippen LogP contribution in [-0.4, -0.2) is 40.5 Å². The van der Waals surface area contributed by atoms with Gasteiger partial charge in [-0.25, -0.2) is 4.98 Å². The van der Waals surface area contributed by atoms with Crippen LogP contribution < -0.4 is 10.1 Å². The summed E-state index contributed by atoms with van der Waals surface area (Å²) >= 11 is 1.16. The molecule has 0 aliphatic heterocycles. The summed E-state index contributed by atoms with van der Waals surface area (Å²) in [4.78, 5) is 16.4. The number of nitrogens with one attached hydrogen (secondary N) is 1. The third-order valence-corrected chi connectivity index (χ3v) is 4.45. The summed E-state index contributed by atoms with van der Waals surface area (Å²) in [5, 5.41) is 20.7. The first kappa shape index (κ1) is 18.9. The summed E-state index contributed by atoms with van der Waals surface area (Å²) < 4.78 is 5.24. The first-order valence-corrected chi connectivity index (χ1v) is 8.61. The van der Waals surface area contributed by atoms with Crippen LogP contribution in [0.2, 0.25) is 0 Å². The highest BCUT2D eigenvalue weighted by Crippen LogP contribution is 2.20. The number of aromatic nitrogens is 1. The van der Waals surface area contributed by atoms with Gasteiger partial charge in [0.15, 0.2) is 6.29 Å². The van der Waals surface area contributed by atoms with Gasteiger partial charge >= 0.3 is 0 Å². The highest BCUT2D eigenvalue weighted by molar-refractivity contribution is 7.15. The van der Waals surface area contributed by atoms with Crippen LogP contribution in [0.25, 0.3) is 0 Å². The molecule has 7 heteroatoms. The molecule has 6 nitrogen and oxygen atoms in total. The van der Waals surface area contributed by atoms with Crippen molar-refractivity contribution in [2.75, 3.05) is 13.2 Å². The van der Waals surface area contributed by atoms with Crippen LogP contribution in [0.4, 0.5) is 0 Å². The smallest absolute Gasteiger partial charge is 0.273 e. The minimum atomic E-state index is -1.39. The van der Waals surface area contributed by atoms with Crippen LogP contribution in [0.3, 0.4) is 0 Å². The molecule has 0 aliphatic rings. The molecule has 1 aromatic heterocycles. The van der Waals surface area contributed by atoms with Crippen molar-refractivity contribution in [3.63, 3.8) is 0 Å². The van der Waals surface area contributed by atoms with Gasteiger partial charge in [0.05, 0.1) is 12.8 Å². The maximum absolute atomic E-state index is 11.9. The Morgan fingerprint density at radius 1 is 1.36 bits per heavy atom. The molecule has 1 rings (SSSR count). The average molecular weight is 330 g/mol. The molecule has 0 bridgehead atoms. The van der Waals surface area contributed by atoms with Gasteiger partial charge in [-0.2, -0.15) is 0 Å². The van der Waals surface area contributed by atoms with Crippen molar-refractivity contribution in [3.8, 4) is 5.19 Å². The van der Waals surface area contributed by atoms with Gasteiger partial charge in [0.2, 0.25) is 0 Å². The molecule has 126 valence electrons. The molecule has 0 unspecified atom stereocenters. The number of ether oxygens (including phenoxy) is 1. The molecule has 22 heavy (non-hydrogen) atoms. The number of aliphatic hydroxyl groups is 2. The number of thiazole rings is 1. The summed E-state index contributed by atoms with van der Waals surface area (Å²) in [6, 6.07) is 0. The third-order valence-electron chi connectivity index (χ3n) is 3.54. The largest absolute Gasteiger partial charge is 0.470 e. The molecule has 0 aliphatic carbocycles. The lowest BCUT2D eigenvalue weighted by Gasteiger charge is -2.11. The van der Waals surface area contributed by atoms with E-state index in [0.29, 0.717) is 16.6 Å². The lowest BCUT2D eigenvalue weighted by molar-refractivity contribution is -0.0519. The van der Waals surface area contributed by atoms with E-state index in [1.807, 2.05) is 0 Å². The molecule has 0 saturated heterocycles. The summed E-state index contributed by atoms with van der Waals surface area (Å²) in [6.07, 6.45) is 4.67. The molecule has 1 amide bonds. The van der Waals surface area contributed by atoms with E-state index in [4.69, 9.17) is 14.9 Å². The van der Waals surface area contributed by atoms with Gasteiger partial charge < -0.3 is 20.3 Å². The fourth-order valence-corrected chi connectivity index (χ4v) is 2.76. The lowest BCUT2D eigenvalue weighted by atomic mass is 9.98. The maximum Gasteiger partial charge on any atom is 0.273 e. The van der Waals surface area contributed by atoms with E-state index in [1.54, 1.807) is 0 Å². The second-order valence-corrected chi connectivity index (χ2v) is 6.18. The highest BCUT2D eigenvalue weighted by Gasteiger charge is 2.11. The van der Waals surface area contributed by atoms with Crippen molar-refractivity contribution >= 4 is 17.2 Å². The quantitative estimate of drug-likeness (QED) is 0.427. The normalized spacial score (nSPS) is 11.2. The Morgan fingerprint density at radius 3 is 2.73 bits per heavy atom. The predicted octanol–water partition coefficient (Wildman–Crippen LogP) is 2.17. The van der Waals surface area contributed by atoms with Gasteiger partial charge in [-0.05, 0) is 18.8 Å². The Morgan fingerprint density at radius 2 is 2.09 bits per heavy atom. The molecular formula is C15H26N2O4S. The minimum absolute atomic E-state index is 0.108. The first-order valence-electron chi connectivity index (χ1n) is 7.79. The topological polar surface area (TPSA) is 91.7 Å². The number of hydrogen-bond acceptors (Lipinski definition) is 6. The SMILES string of the molecule is CCC(CC)CCCNC(=O)c1cnc(OCCC(O)O)s1. The summed E-state index contributed by atoms with van der Waals surface area (Å²) in [7, 11) is 0. The zero-order chi connectivity index (χ0) is 16.4. The zero-order valence-electron chi connectivity index (χ0n) is 13.2. The van der Waals surface area contributed by atoms with Crippen molar-refractivity contribution in [1.29, 1.82) is 0 Å². The second kappa shape index (κ2) is 10.5. The number of carbonyl (C=O) groups is 1. The van der Waals surface area contributed by atoms with Crippen molar-refractivity contribution < 1.29 is 19.7 Å². The summed E-state index contributed by atoms with van der Waals surface area (Å²) in [5.41, 5.74) is 0. The number of hydrogen-bond donors (Lipinski definition) is 3. The van der Waals surface area contributed by atoms with Gasteiger partial charge in [-0.1, -0.05) is 38.0 Å². The Labute approximate surface area is 135 Å². The second-order valence-electron chi connectivity index (χ2n) is 5.19.